The summed E-state index contributed by atoms with van der Waals surface area (Å²) in [4.78, 5) is 19.2. The number of nitrogens with one attached hydrogen (secondary N) is 1. The van der Waals surface area contributed by atoms with Gasteiger partial charge in [-0.2, -0.15) is 0 Å². The molecule has 2 amide bonds. The number of aliphatic imine (C=N–C) groups is 1. The Labute approximate surface area is 168 Å². The summed E-state index contributed by atoms with van der Waals surface area (Å²) < 4.78 is 0. The first-order valence-corrected chi connectivity index (χ1v) is 10.2. The van der Waals surface area contributed by atoms with Crippen LogP contribution < -0.4 is 10.2 Å². The van der Waals surface area contributed by atoms with Crippen molar-refractivity contribution in [2.75, 3.05) is 18.0 Å². The molecule has 4 nitrogen and oxygen atoms in total. The number of unbranched alkanes of at least 4 members (excludes halogenated alkanes) is 3. The van der Waals surface area contributed by atoms with E-state index in [1.54, 1.807) is 4.90 Å². The molecule has 1 aliphatic heterocycles. The lowest BCUT2D eigenvalue weighted by Crippen LogP contribution is -2.38. The fraction of sp³-hybridized carbons (Fsp3) is 0.333. The molecule has 4 heteroatoms. The van der Waals surface area contributed by atoms with Crippen molar-refractivity contribution >= 4 is 35.8 Å². The van der Waals surface area contributed by atoms with E-state index >= 15 is 0 Å². The fourth-order valence-corrected chi connectivity index (χ4v) is 3.33. The van der Waals surface area contributed by atoms with E-state index < -0.39 is 0 Å². The van der Waals surface area contributed by atoms with E-state index in [4.69, 9.17) is 0 Å². The van der Waals surface area contributed by atoms with Crippen LogP contribution in [0.5, 0.6) is 0 Å². The van der Waals surface area contributed by atoms with Crippen LogP contribution in [0.25, 0.3) is 12.2 Å². The Morgan fingerprint density at radius 3 is 2.25 bits per heavy atom. The van der Waals surface area contributed by atoms with E-state index in [2.05, 4.69) is 29.4 Å². The lowest BCUT2D eigenvalue weighted by atomic mass is 10.1. The van der Waals surface area contributed by atoms with Gasteiger partial charge in [-0.05, 0) is 36.1 Å². The molecule has 1 heterocycles. The zero-order chi connectivity index (χ0) is 19.6. The first-order valence-electron chi connectivity index (χ1n) is 10.2. The van der Waals surface area contributed by atoms with Crippen molar-refractivity contribution < 1.29 is 4.79 Å². The van der Waals surface area contributed by atoms with Gasteiger partial charge in [0.05, 0.1) is 11.4 Å². The van der Waals surface area contributed by atoms with Crippen LogP contribution in [-0.2, 0) is 0 Å². The molecule has 0 atom stereocenters. The molecule has 1 N–H and O–H groups in total. The number of nitrogens with zero attached hydrogens (tertiary/aromatic N) is 2. The maximum Gasteiger partial charge on any atom is 0.326 e. The first kappa shape index (κ1) is 19.9. The minimum atomic E-state index is -0.111. The van der Waals surface area contributed by atoms with Crippen molar-refractivity contribution in [1.29, 1.82) is 0 Å². The first-order chi connectivity index (χ1) is 13.8. The second kappa shape index (κ2) is 10.5. The van der Waals surface area contributed by atoms with Crippen LogP contribution >= 0.6 is 0 Å². The lowest BCUT2D eigenvalue weighted by molar-refractivity contribution is 0.249. The minimum absolute atomic E-state index is 0.111. The smallest absolute Gasteiger partial charge is 0.326 e. The van der Waals surface area contributed by atoms with E-state index in [1.165, 1.54) is 19.3 Å². The molecule has 2 aromatic carbocycles. The molecular formula is C24H29N3O. The number of fused-ring (bicyclic) bond motifs is 2. The number of carbonyl (C=O) groups is 1. The number of benzene rings is 2. The number of urea groups is 1. The number of rotatable bonds is 8. The number of hydrogen-bond acceptors (Lipinski definition) is 2. The van der Waals surface area contributed by atoms with Crippen LogP contribution in [0.2, 0.25) is 0 Å². The number of para-hydroxylation sites is 2. The van der Waals surface area contributed by atoms with Crippen LogP contribution in [0.15, 0.2) is 53.5 Å². The summed E-state index contributed by atoms with van der Waals surface area (Å²) in [5, 5.41) is 3.04. The Kier molecular flexibility index (Phi) is 7.42. The van der Waals surface area contributed by atoms with Gasteiger partial charge in [0.1, 0.15) is 0 Å². The minimum Gasteiger partial charge on any atom is -0.337 e. The van der Waals surface area contributed by atoms with Crippen molar-refractivity contribution in [3.63, 3.8) is 0 Å². The molecule has 0 saturated carbocycles. The molecule has 0 aromatic heterocycles. The van der Waals surface area contributed by atoms with E-state index in [1.807, 2.05) is 54.7 Å². The van der Waals surface area contributed by atoms with Crippen molar-refractivity contribution in [1.82, 2.24) is 5.32 Å². The predicted octanol–water partition coefficient (Wildman–Crippen LogP) is 6.06. The molecule has 0 spiro atoms. The van der Waals surface area contributed by atoms with Crippen LogP contribution in [0, 0.1) is 0 Å². The standard InChI is InChI=1S/C24H29N3O/c1-2-3-4-9-17-25-18-10-19-26-24(28)27-22-13-7-5-11-20(22)15-16-21-12-6-8-14-23(21)27/h5-8,11-16,18H,2-4,9-10,17,19H2,1H3,(H,26,28). The summed E-state index contributed by atoms with van der Waals surface area (Å²) in [6.07, 6.45) is 11.7. The largest absolute Gasteiger partial charge is 0.337 e. The maximum absolute atomic E-state index is 13.0. The second-order valence-electron chi connectivity index (χ2n) is 6.96. The lowest BCUT2D eigenvalue weighted by Gasteiger charge is -2.25. The molecule has 3 rings (SSSR count). The van der Waals surface area contributed by atoms with E-state index in [0.29, 0.717) is 6.54 Å². The van der Waals surface area contributed by atoms with Crippen LogP contribution in [0.4, 0.5) is 16.2 Å². The third-order valence-electron chi connectivity index (χ3n) is 4.82. The van der Waals surface area contributed by atoms with Crippen molar-refractivity contribution in [2.45, 2.75) is 39.0 Å². The van der Waals surface area contributed by atoms with Gasteiger partial charge in [0, 0.05) is 19.3 Å². The zero-order valence-corrected chi connectivity index (χ0v) is 16.6. The Morgan fingerprint density at radius 1 is 0.964 bits per heavy atom. The number of amides is 2. The van der Waals surface area contributed by atoms with Crippen LogP contribution in [-0.4, -0.2) is 25.3 Å². The van der Waals surface area contributed by atoms with Crippen molar-refractivity contribution in [3.05, 3.63) is 59.7 Å². The SMILES string of the molecule is CCCCCCN=CCCNC(=O)N1c2ccccc2C=Cc2ccccc21. The topological polar surface area (TPSA) is 44.7 Å². The molecule has 0 radical (unpaired) electrons. The van der Waals surface area contributed by atoms with Crippen LogP contribution in [0.1, 0.15) is 50.2 Å². The average Bonchev–Trinajstić information content (AvgIpc) is 2.89. The molecule has 0 fully saturated rings. The summed E-state index contributed by atoms with van der Waals surface area (Å²) in [5.74, 6) is 0. The highest BCUT2D eigenvalue weighted by Gasteiger charge is 2.23. The Balaban J connectivity index is 1.62. The molecule has 28 heavy (non-hydrogen) atoms. The summed E-state index contributed by atoms with van der Waals surface area (Å²) in [6, 6.07) is 15.8. The molecule has 0 unspecified atom stereocenters. The summed E-state index contributed by atoms with van der Waals surface area (Å²) >= 11 is 0. The second-order valence-corrected chi connectivity index (χ2v) is 6.96. The van der Waals surface area contributed by atoms with Gasteiger partial charge in [-0.15, -0.1) is 0 Å². The Bertz CT molecular complexity index is 792. The summed E-state index contributed by atoms with van der Waals surface area (Å²) in [5.41, 5.74) is 3.85. The Hall–Kier alpha value is -2.88. The third kappa shape index (κ3) is 5.10. The monoisotopic (exact) mass is 375 g/mol. The molecule has 2 aromatic rings. The van der Waals surface area contributed by atoms with Gasteiger partial charge in [0.25, 0.3) is 0 Å². The summed E-state index contributed by atoms with van der Waals surface area (Å²) in [6.45, 7) is 3.67. The van der Waals surface area contributed by atoms with Gasteiger partial charge in [-0.3, -0.25) is 9.89 Å². The summed E-state index contributed by atoms with van der Waals surface area (Å²) in [7, 11) is 0. The highest BCUT2D eigenvalue weighted by molar-refractivity contribution is 6.05. The van der Waals surface area contributed by atoms with E-state index in [9.17, 15) is 4.79 Å². The zero-order valence-electron chi connectivity index (χ0n) is 16.6. The fourth-order valence-electron chi connectivity index (χ4n) is 3.33. The van der Waals surface area contributed by atoms with E-state index in [-0.39, 0.29) is 6.03 Å². The molecule has 0 bridgehead atoms. The van der Waals surface area contributed by atoms with Crippen molar-refractivity contribution in [3.8, 4) is 0 Å². The number of anilines is 2. The molecular weight excluding hydrogens is 346 g/mol. The number of hydrogen-bond donors (Lipinski definition) is 1. The van der Waals surface area contributed by atoms with Gasteiger partial charge in [-0.1, -0.05) is 74.7 Å². The van der Waals surface area contributed by atoms with Gasteiger partial charge >= 0.3 is 6.03 Å². The highest BCUT2D eigenvalue weighted by atomic mass is 16.2. The van der Waals surface area contributed by atoms with Gasteiger partial charge in [0.15, 0.2) is 0 Å². The number of carbonyl (C=O) groups excluding carboxylic acids is 1. The average molecular weight is 376 g/mol. The van der Waals surface area contributed by atoms with Gasteiger partial charge in [0.2, 0.25) is 0 Å². The molecule has 1 aliphatic rings. The maximum atomic E-state index is 13.0. The predicted molar refractivity (Wildman–Crippen MR) is 119 cm³/mol. The molecule has 146 valence electrons. The van der Waals surface area contributed by atoms with Crippen LogP contribution in [0.3, 0.4) is 0 Å². The van der Waals surface area contributed by atoms with Crippen molar-refractivity contribution in [2.24, 2.45) is 4.99 Å². The van der Waals surface area contributed by atoms with Gasteiger partial charge < -0.3 is 5.32 Å². The van der Waals surface area contributed by atoms with Gasteiger partial charge in [-0.25, -0.2) is 4.79 Å². The quantitative estimate of drug-likeness (QED) is 0.442. The Morgan fingerprint density at radius 2 is 1.61 bits per heavy atom. The van der Waals surface area contributed by atoms with E-state index in [0.717, 1.165) is 41.9 Å². The third-order valence-corrected chi connectivity index (χ3v) is 4.82. The molecule has 0 aliphatic carbocycles. The normalized spacial score (nSPS) is 12.5. The highest BCUT2D eigenvalue weighted by Crippen LogP contribution is 2.36. The molecule has 0 saturated heterocycles.